The number of fused-ring (bicyclic) bond motifs is 1. The highest BCUT2D eigenvalue weighted by atomic mass is 35.5. The lowest BCUT2D eigenvalue weighted by molar-refractivity contribution is 0.822. The monoisotopic (exact) mass is 368 g/mol. The van der Waals surface area contributed by atoms with Crippen LogP contribution in [0.1, 0.15) is 12.8 Å². The molecule has 6 heteroatoms. The maximum absolute atomic E-state index is 5.90. The van der Waals surface area contributed by atoms with Gasteiger partial charge in [-0.2, -0.15) is 0 Å². The van der Waals surface area contributed by atoms with Crippen LogP contribution in [-0.2, 0) is 0 Å². The van der Waals surface area contributed by atoms with Crippen molar-refractivity contribution in [2.45, 2.75) is 12.8 Å². The predicted octanol–water partition coefficient (Wildman–Crippen LogP) is 5.33. The number of nitrogens with one attached hydrogen (secondary N) is 1. The van der Waals surface area contributed by atoms with Gasteiger partial charge in [0, 0.05) is 29.2 Å². The number of hydrogen-bond acceptors (Lipinski definition) is 3. The van der Waals surface area contributed by atoms with Crippen LogP contribution < -0.4 is 5.32 Å². The summed E-state index contributed by atoms with van der Waals surface area (Å²) in [6.07, 6.45) is 5.16. The van der Waals surface area contributed by atoms with Crippen molar-refractivity contribution in [3.63, 3.8) is 0 Å². The number of anilines is 1. The van der Waals surface area contributed by atoms with E-state index in [1.165, 1.54) is 0 Å². The minimum atomic E-state index is 0.593. The zero-order valence-electron chi connectivity index (χ0n) is 13.5. The Labute approximate surface area is 156 Å². The Balaban J connectivity index is 1.77. The quantitative estimate of drug-likeness (QED) is 0.471. The van der Waals surface area contributed by atoms with Gasteiger partial charge in [-0.3, -0.25) is 0 Å². The molecule has 3 aromatic rings. The van der Waals surface area contributed by atoms with Crippen LogP contribution in [0.3, 0.4) is 0 Å². The van der Waals surface area contributed by atoms with E-state index in [4.69, 9.17) is 23.8 Å². The summed E-state index contributed by atoms with van der Waals surface area (Å²) in [5.74, 6) is 0. The molecule has 25 heavy (non-hydrogen) atoms. The van der Waals surface area contributed by atoms with E-state index in [-0.39, 0.29) is 0 Å². The van der Waals surface area contributed by atoms with E-state index in [2.05, 4.69) is 22.2 Å². The van der Waals surface area contributed by atoms with Crippen molar-refractivity contribution in [3.8, 4) is 0 Å². The molecule has 0 spiro atoms. The average molecular weight is 369 g/mol. The molecule has 0 saturated heterocycles. The number of thiocarbonyl (C=S) groups is 1. The van der Waals surface area contributed by atoms with Gasteiger partial charge in [-0.15, -0.1) is 11.7 Å². The van der Waals surface area contributed by atoms with Gasteiger partial charge < -0.3 is 5.32 Å². The first kappa shape index (κ1) is 17.3. The number of benzene rings is 2. The van der Waals surface area contributed by atoms with Crippen LogP contribution >= 0.6 is 23.8 Å². The number of halogens is 1. The van der Waals surface area contributed by atoms with E-state index in [0.29, 0.717) is 22.9 Å². The maximum Gasteiger partial charge on any atom is 0.113 e. The number of hydrogen-bond donors (Lipinski definition) is 1. The summed E-state index contributed by atoms with van der Waals surface area (Å²) in [6.45, 7) is 3.83. The van der Waals surface area contributed by atoms with Gasteiger partial charge >= 0.3 is 0 Å². The van der Waals surface area contributed by atoms with E-state index in [1.807, 2.05) is 65.4 Å². The van der Waals surface area contributed by atoms with E-state index in [9.17, 15) is 0 Å². The topological polar surface area (TPSA) is 42.7 Å². The minimum Gasteiger partial charge on any atom is -0.350 e. The van der Waals surface area contributed by atoms with Crippen molar-refractivity contribution in [1.29, 1.82) is 0 Å². The van der Waals surface area contributed by atoms with Gasteiger partial charge in [0.2, 0.25) is 0 Å². The first-order valence-corrected chi connectivity index (χ1v) is 8.62. The van der Waals surface area contributed by atoms with Gasteiger partial charge in [0.25, 0.3) is 0 Å². The fourth-order valence-electron chi connectivity index (χ4n) is 2.44. The molecule has 1 heterocycles. The molecule has 1 aromatic heterocycles. The Morgan fingerprint density at radius 2 is 1.92 bits per heavy atom. The Kier molecular flexibility index (Phi) is 5.58. The number of para-hydroxylation sites is 1. The second kappa shape index (κ2) is 8.05. The molecule has 4 nitrogen and oxygen atoms in total. The number of allylic oxidation sites excluding steroid dienone is 2. The maximum atomic E-state index is 5.90. The molecule has 0 aliphatic carbocycles. The first-order valence-electron chi connectivity index (χ1n) is 7.83. The van der Waals surface area contributed by atoms with Gasteiger partial charge in [0.15, 0.2) is 0 Å². The normalized spacial score (nSPS) is 11.5. The number of aromatic nitrogens is 3. The molecule has 0 fully saturated rings. The highest BCUT2D eigenvalue weighted by molar-refractivity contribution is 7.80. The van der Waals surface area contributed by atoms with Gasteiger partial charge in [0.1, 0.15) is 5.52 Å². The predicted molar refractivity (Wildman–Crippen MR) is 109 cm³/mol. The molecule has 3 rings (SSSR count). The van der Waals surface area contributed by atoms with Crippen LogP contribution in [0.4, 0.5) is 5.69 Å². The Morgan fingerprint density at radius 1 is 1.16 bits per heavy atom. The Hall–Kier alpha value is -2.50. The van der Waals surface area contributed by atoms with Crippen LogP contribution in [0.2, 0.25) is 5.02 Å². The Morgan fingerprint density at radius 3 is 2.68 bits per heavy atom. The lowest BCUT2D eigenvalue weighted by Crippen LogP contribution is -2.08. The highest BCUT2D eigenvalue weighted by Crippen LogP contribution is 2.19. The average Bonchev–Trinajstić information content (AvgIpc) is 3.05. The summed E-state index contributed by atoms with van der Waals surface area (Å²) in [6, 6.07) is 15.3. The van der Waals surface area contributed by atoms with Gasteiger partial charge in [0.05, 0.1) is 10.5 Å². The molecule has 0 unspecified atom stereocenters. The van der Waals surface area contributed by atoms with Crippen LogP contribution in [0, 0.1) is 0 Å². The zero-order chi connectivity index (χ0) is 17.6. The molecular formula is C19H17ClN4S. The molecule has 0 amide bonds. The molecule has 2 aromatic carbocycles. The molecular weight excluding hydrogens is 352 g/mol. The standard InChI is InChI=1S/C19H17ClN4S/c1-2-5-16(24-18-7-4-3-6-17(18)22-23-24)12-13-19(25)21-15-10-8-14(20)9-11-15/h2-4,6-12H,1,5,13H2,(H,21,25)/b16-12+. The Bertz CT molecular complexity index is 928. The number of nitrogens with zero attached hydrogens (tertiary/aromatic N) is 3. The summed E-state index contributed by atoms with van der Waals surface area (Å²) < 4.78 is 1.84. The van der Waals surface area contributed by atoms with Crippen LogP contribution in [0.25, 0.3) is 16.7 Å². The van der Waals surface area contributed by atoms with E-state index < -0.39 is 0 Å². The van der Waals surface area contributed by atoms with Crippen LogP contribution in [0.15, 0.2) is 67.3 Å². The first-order chi connectivity index (χ1) is 12.2. The summed E-state index contributed by atoms with van der Waals surface area (Å²) in [5, 5.41) is 12.4. The van der Waals surface area contributed by atoms with E-state index >= 15 is 0 Å². The molecule has 1 N–H and O–H groups in total. The van der Waals surface area contributed by atoms with Gasteiger partial charge in [-0.1, -0.05) is 53.3 Å². The second-order valence-electron chi connectivity index (χ2n) is 5.44. The van der Waals surface area contributed by atoms with Crippen molar-refractivity contribution >= 4 is 51.2 Å². The minimum absolute atomic E-state index is 0.593. The van der Waals surface area contributed by atoms with Crippen molar-refractivity contribution in [3.05, 3.63) is 72.3 Å². The largest absolute Gasteiger partial charge is 0.350 e. The summed E-state index contributed by atoms with van der Waals surface area (Å²) in [4.78, 5) is 0.716. The molecule has 126 valence electrons. The van der Waals surface area contributed by atoms with E-state index in [1.54, 1.807) is 0 Å². The third-order valence-corrected chi connectivity index (χ3v) is 4.15. The highest BCUT2D eigenvalue weighted by Gasteiger charge is 2.07. The fourth-order valence-corrected chi connectivity index (χ4v) is 2.77. The third kappa shape index (κ3) is 4.32. The van der Waals surface area contributed by atoms with Crippen molar-refractivity contribution in [2.75, 3.05) is 5.32 Å². The molecule has 0 aliphatic rings. The summed E-state index contributed by atoms with van der Waals surface area (Å²) in [7, 11) is 0. The lowest BCUT2D eigenvalue weighted by atomic mass is 10.2. The smallest absolute Gasteiger partial charge is 0.113 e. The SMILES string of the molecule is C=CC/C(=C\CC(=S)Nc1ccc(Cl)cc1)n1nnc2ccccc21. The van der Waals surface area contributed by atoms with Crippen molar-refractivity contribution < 1.29 is 0 Å². The zero-order valence-corrected chi connectivity index (χ0v) is 15.1. The third-order valence-electron chi connectivity index (χ3n) is 3.63. The molecule has 0 atom stereocenters. The lowest BCUT2D eigenvalue weighted by Gasteiger charge is -2.09. The molecule has 0 radical (unpaired) electrons. The molecule has 0 bridgehead atoms. The van der Waals surface area contributed by atoms with Crippen LogP contribution in [-0.4, -0.2) is 20.0 Å². The molecule has 0 saturated carbocycles. The van der Waals surface area contributed by atoms with Crippen molar-refractivity contribution in [1.82, 2.24) is 15.0 Å². The van der Waals surface area contributed by atoms with Crippen molar-refractivity contribution in [2.24, 2.45) is 0 Å². The fraction of sp³-hybridized carbons (Fsp3) is 0.105. The molecule has 0 aliphatic heterocycles. The number of rotatable bonds is 6. The van der Waals surface area contributed by atoms with Gasteiger partial charge in [-0.25, -0.2) is 4.68 Å². The summed E-state index contributed by atoms with van der Waals surface area (Å²) >= 11 is 11.3. The van der Waals surface area contributed by atoms with Crippen LogP contribution in [0.5, 0.6) is 0 Å². The summed E-state index contributed by atoms with van der Waals surface area (Å²) in [5.41, 5.74) is 3.73. The van der Waals surface area contributed by atoms with Gasteiger partial charge in [-0.05, 0) is 36.4 Å². The second-order valence-corrected chi connectivity index (χ2v) is 6.37. The van der Waals surface area contributed by atoms with E-state index in [0.717, 1.165) is 22.4 Å².